The number of amides is 3. The largest absolute Gasteiger partial charge is 0.480 e. The first kappa shape index (κ1) is 22.1. The number of nitrogens with two attached hydrogens (primary N) is 2. The minimum Gasteiger partial charge on any atom is -0.480 e. The van der Waals surface area contributed by atoms with Crippen LogP contribution in [0.25, 0.3) is 0 Å². The monoisotopic (exact) mass is 364 g/mol. The Hall–Kier alpha value is -1.85. The molecule has 3 amide bonds. The van der Waals surface area contributed by atoms with Gasteiger partial charge in [0.05, 0.1) is 18.6 Å². The van der Waals surface area contributed by atoms with Crippen LogP contribution in [0.3, 0.4) is 0 Å². The molecule has 0 aliphatic carbocycles. The molecule has 0 radical (unpaired) electrons. The van der Waals surface area contributed by atoms with Crippen molar-refractivity contribution < 1.29 is 29.4 Å². The Morgan fingerprint density at radius 2 is 1.75 bits per heavy atom. The number of primary amides is 1. The lowest BCUT2D eigenvalue weighted by Gasteiger charge is -2.23. The molecule has 138 valence electrons. The number of thioether (sulfide) groups is 1. The Balaban J connectivity index is 4.97. The molecule has 0 aromatic carbocycles. The quantitative estimate of drug-likeness (QED) is 0.230. The van der Waals surface area contributed by atoms with Crippen molar-refractivity contribution in [2.45, 2.75) is 44.0 Å². The highest BCUT2D eigenvalue weighted by Crippen LogP contribution is 2.04. The summed E-state index contributed by atoms with van der Waals surface area (Å²) in [6.45, 7) is 1.22. The van der Waals surface area contributed by atoms with E-state index in [2.05, 4.69) is 10.6 Å². The summed E-state index contributed by atoms with van der Waals surface area (Å²) in [5.41, 5.74) is 10.5. The number of aliphatic carboxylic acids is 1. The normalized spacial score (nSPS) is 15.7. The molecule has 0 spiro atoms. The fourth-order valence-corrected chi connectivity index (χ4v) is 2.21. The van der Waals surface area contributed by atoms with Gasteiger partial charge in [-0.2, -0.15) is 11.8 Å². The van der Waals surface area contributed by atoms with Crippen LogP contribution in [0.5, 0.6) is 0 Å². The zero-order valence-electron chi connectivity index (χ0n) is 13.5. The lowest BCUT2D eigenvalue weighted by molar-refractivity contribution is -0.145. The van der Waals surface area contributed by atoms with E-state index in [9.17, 15) is 24.3 Å². The van der Waals surface area contributed by atoms with Gasteiger partial charge in [0.25, 0.3) is 0 Å². The van der Waals surface area contributed by atoms with Gasteiger partial charge in [-0.05, 0) is 25.4 Å². The van der Waals surface area contributed by atoms with Gasteiger partial charge in [0.15, 0.2) is 6.04 Å². The third-order valence-electron chi connectivity index (χ3n) is 3.05. The molecule has 0 saturated carbocycles. The number of nitrogens with one attached hydrogen (secondary N) is 2. The Morgan fingerprint density at radius 1 is 1.17 bits per heavy atom. The van der Waals surface area contributed by atoms with Crippen LogP contribution in [0.1, 0.15) is 19.8 Å². The molecule has 0 rings (SSSR count). The first-order chi connectivity index (χ1) is 11.1. The van der Waals surface area contributed by atoms with Crippen LogP contribution in [-0.4, -0.2) is 70.1 Å². The number of carbonyl (C=O) groups excluding carboxylic acids is 3. The number of hydrogen-bond acceptors (Lipinski definition) is 7. The molecule has 4 atom stereocenters. The molecule has 0 fully saturated rings. The van der Waals surface area contributed by atoms with E-state index in [4.69, 9.17) is 16.6 Å². The van der Waals surface area contributed by atoms with Gasteiger partial charge in [0.1, 0.15) is 6.04 Å². The van der Waals surface area contributed by atoms with E-state index in [0.717, 1.165) is 0 Å². The second-order valence-electron chi connectivity index (χ2n) is 5.18. The van der Waals surface area contributed by atoms with Crippen LogP contribution in [0.2, 0.25) is 0 Å². The molecule has 10 nitrogen and oxygen atoms in total. The summed E-state index contributed by atoms with van der Waals surface area (Å²) in [5, 5.41) is 22.9. The first-order valence-electron chi connectivity index (χ1n) is 7.14. The molecular weight excluding hydrogens is 340 g/mol. The zero-order valence-corrected chi connectivity index (χ0v) is 14.3. The Kier molecular flexibility index (Phi) is 10.0. The number of carboxylic acid groups (broad SMARTS) is 1. The maximum atomic E-state index is 12.2. The van der Waals surface area contributed by atoms with Gasteiger partial charge in [-0.1, -0.05) is 0 Å². The molecule has 0 bridgehead atoms. The SMILES string of the molecule is CSCCC(NC(=O)C(N)CC(N)=O)C(=O)NC(C(=O)O)C(C)O. The lowest BCUT2D eigenvalue weighted by atomic mass is 10.1. The Bertz CT molecular complexity index is 473. The second kappa shape index (κ2) is 10.8. The molecular formula is C13H24N4O6S. The van der Waals surface area contributed by atoms with Crippen molar-refractivity contribution in [2.24, 2.45) is 11.5 Å². The van der Waals surface area contributed by atoms with Gasteiger partial charge in [-0.25, -0.2) is 4.79 Å². The third-order valence-corrected chi connectivity index (χ3v) is 3.69. The predicted octanol–water partition coefficient (Wildman–Crippen LogP) is -2.62. The molecule has 0 aromatic heterocycles. The average Bonchev–Trinajstić information content (AvgIpc) is 2.46. The van der Waals surface area contributed by atoms with E-state index in [1.807, 2.05) is 0 Å². The topological polar surface area (TPSA) is 185 Å². The van der Waals surface area contributed by atoms with Crippen molar-refractivity contribution in [2.75, 3.05) is 12.0 Å². The average molecular weight is 364 g/mol. The number of rotatable bonds is 11. The lowest BCUT2D eigenvalue weighted by Crippen LogP contribution is -2.57. The van der Waals surface area contributed by atoms with Gasteiger partial charge >= 0.3 is 5.97 Å². The summed E-state index contributed by atoms with van der Waals surface area (Å²) in [5.74, 6) is -3.17. The molecule has 11 heteroatoms. The smallest absolute Gasteiger partial charge is 0.328 e. The standard InChI is InChI=1S/C13H24N4O6S/c1-6(18)10(13(22)23)17-12(21)8(3-4-24-2)16-11(20)7(14)5-9(15)19/h6-8,10,18H,3-5,14H2,1-2H3,(H2,15,19)(H,16,20)(H,17,21)(H,22,23). The van der Waals surface area contributed by atoms with E-state index in [-0.39, 0.29) is 12.8 Å². The van der Waals surface area contributed by atoms with Crippen molar-refractivity contribution >= 4 is 35.5 Å². The van der Waals surface area contributed by atoms with Gasteiger partial charge < -0.3 is 32.3 Å². The number of aliphatic hydroxyl groups excluding tert-OH is 1. The van der Waals surface area contributed by atoms with Crippen LogP contribution in [0, 0.1) is 0 Å². The van der Waals surface area contributed by atoms with Gasteiger partial charge in [-0.3, -0.25) is 14.4 Å². The third kappa shape index (κ3) is 8.13. The van der Waals surface area contributed by atoms with Crippen LogP contribution >= 0.6 is 11.8 Å². The van der Waals surface area contributed by atoms with Gasteiger partial charge in [-0.15, -0.1) is 0 Å². The maximum absolute atomic E-state index is 12.2. The summed E-state index contributed by atoms with van der Waals surface area (Å²) < 4.78 is 0. The highest BCUT2D eigenvalue weighted by atomic mass is 32.2. The summed E-state index contributed by atoms with van der Waals surface area (Å²) >= 11 is 1.42. The van der Waals surface area contributed by atoms with Crippen molar-refractivity contribution in [3.05, 3.63) is 0 Å². The van der Waals surface area contributed by atoms with Crippen LogP contribution in [0.4, 0.5) is 0 Å². The highest BCUT2D eigenvalue weighted by molar-refractivity contribution is 7.98. The molecule has 0 heterocycles. The summed E-state index contributed by atoms with van der Waals surface area (Å²) in [7, 11) is 0. The van der Waals surface area contributed by atoms with E-state index >= 15 is 0 Å². The van der Waals surface area contributed by atoms with E-state index in [0.29, 0.717) is 5.75 Å². The maximum Gasteiger partial charge on any atom is 0.328 e. The molecule has 0 aliphatic heterocycles. The van der Waals surface area contributed by atoms with E-state index in [1.165, 1.54) is 18.7 Å². The predicted molar refractivity (Wildman–Crippen MR) is 88.0 cm³/mol. The van der Waals surface area contributed by atoms with Crippen LogP contribution < -0.4 is 22.1 Å². The van der Waals surface area contributed by atoms with Gasteiger partial charge in [0.2, 0.25) is 17.7 Å². The summed E-state index contributed by atoms with van der Waals surface area (Å²) in [4.78, 5) is 45.9. The van der Waals surface area contributed by atoms with Crippen molar-refractivity contribution in [3.8, 4) is 0 Å². The number of carboxylic acids is 1. The Morgan fingerprint density at radius 3 is 2.17 bits per heavy atom. The van der Waals surface area contributed by atoms with Crippen molar-refractivity contribution in [1.82, 2.24) is 10.6 Å². The van der Waals surface area contributed by atoms with E-state index < -0.39 is 47.9 Å². The van der Waals surface area contributed by atoms with Crippen LogP contribution in [0.15, 0.2) is 0 Å². The number of hydrogen-bond donors (Lipinski definition) is 6. The fraction of sp³-hybridized carbons (Fsp3) is 0.692. The minimum absolute atomic E-state index is 0.216. The van der Waals surface area contributed by atoms with Gasteiger partial charge in [0, 0.05) is 0 Å². The van der Waals surface area contributed by atoms with E-state index in [1.54, 1.807) is 6.26 Å². The summed E-state index contributed by atoms with van der Waals surface area (Å²) in [6, 6.07) is -3.77. The molecule has 8 N–H and O–H groups in total. The number of carbonyl (C=O) groups is 4. The molecule has 0 aliphatic rings. The molecule has 0 aromatic rings. The first-order valence-corrected chi connectivity index (χ1v) is 8.54. The number of aliphatic hydroxyl groups is 1. The molecule has 0 saturated heterocycles. The zero-order chi connectivity index (χ0) is 18.9. The minimum atomic E-state index is -1.51. The van der Waals surface area contributed by atoms with Crippen molar-refractivity contribution in [3.63, 3.8) is 0 Å². The fourth-order valence-electron chi connectivity index (χ4n) is 1.74. The van der Waals surface area contributed by atoms with Crippen molar-refractivity contribution in [1.29, 1.82) is 0 Å². The Labute approximate surface area is 143 Å². The summed E-state index contributed by atoms with van der Waals surface area (Å²) in [6.07, 6.45) is 0.314. The van der Waals surface area contributed by atoms with Crippen LogP contribution in [-0.2, 0) is 19.2 Å². The molecule has 4 unspecified atom stereocenters. The highest BCUT2D eigenvalue weighted by Gasteiger charge is 2.30. The second-order valence-corrected chi connectivity index (χ2v) is 6.17. The molecule has 24 heavy (non-hydrogen) atoms.